The van der Waals surface area contributed by atoms with Gasteiger partial charge in [-0.15, -0.1) is 0 Å². The first-order valence-electron chi connectivity index (χ1n) is 7.31. The van der Waals surface area contributed by atoms with Crippen LogP contribution in [0, 0.1) is 6.92 Å². The van der Waals surface area contributed by atoms with Gasteiger partial charge in [-0.05, 0) is 32.9 Å². The molecule has 5 heteroatoms. The van der Waals surface area contributed by atoms with E-state index in [-0.39, 0.29) is 17.2 Å². The van der Waals surface area contributed by atoms with E-state index in [1.165, 1.54) is 0 Å². The second kappa shape index (κ2) is 6.45. The number of aryl methyl sites for hydroxylation is 1. The molecule has 0 bridgehead atoms. The molecule has 1 aromatic rings. The number of carbonyl (C=O) groups excluding carboxylic acids is 1. The maximum atomic E-state index is 12.2. The maximum Gasteiger partial charge on any atom is 0.255 e. The van der Waals surface area contributed by atoms with Crippen LogP contribution in [0.5, 0.6) is 5.75 Å². The summed E-state index contributed by atoms with van der Waals surface area (Å²) in [5.41, 5.74) is 1.14. The van der Waals surface area contributed by atoms with Crippen molar-refractivity contribution >= 4 is 5.91 Å². The molecule has 0 saturated carbocycles. The Balaban J connectivity index is 1.98. The Morgan fingerprint density at radius 1 is 1.38 bits per heavy atom. The van der Waals surface area contributed by atoms with Crippen LogP contribution in [0.2, 0.25) is 0 Å². The number of aromatic hydroxyl groups is 1. The lowest BCUT2D eigenvalue weighted by Gasteiger charge is -2.40. The van der Waals surface area contributed by atoms with Gasteiger partial charge in [0.15, 0.2) is 0 Å². The lowest BCUT2D eigenvalue weighted by Crippen LogP contribution is -2.55. The third kappa shape index (κ3) is 3.95. The van der Waals surface area contributed by atoms with E-state index in [0.717, 1.165) is 31.9 Å². The van der Waals surface area contributed by atoms with E-state index >= 15 is 0 Å². The van der Waals surface area contributed by atoms with Crippen molar-refractivity contribution in [2.75, 3.05) is 32.8 Å². The smallest absolute Gasteiger partial charge is 0.255 e. The van der Waals surface area contributed by atoms with Crippen molar-refractivity contribution in [1.82, 2.24) is 10.2 Å². The lowest BCUT2D eigenvalue weighted by molar-refractivity contribution is -0.00923. The van der Waals surface area contributed by atoms with Gasteiger partial charge in [0.25, 0.3) is 5.91 Å². The Bertz CT molecular complexity index is 508. The van der Waals surface area contributed by atoms with Crippen molar-refractivity contribution in [2.24, 2.45) is 0 Å². The summed E-state index contributed by atoms with van der Waals surface area (Å²) in [7, 11) is 0. The van der Waals surface area contributed by atoms with E-state index in [4.69, 9.17) is 4.74 Å². The molecule has 0 aliphatic carbocycles. The van der Waals surface area contributed by atoms with Crippen LogP contribution >= 0.6 is 0 Å². The number of benzene rings is 1. The van der Waals surface area contributed by atoms with Crippen LogP contribution < -0.4 is 5.32 Å². The van der Waals surface area contributed by atoms with E-state index in [1.54, 1.807) is 18.2 Å². The molecule has 0 radical (unpaired) electrons. The minimum Gasteiger partial charge on any atom is -0.507 e. The molecule has 0 atom stereocenters. The molecule has 0 aromatic heterocycles. The number of carbonyl (C=O) groups is 1. The van der Waals surface area contributed by atoms with Gasteiger partial charge in [-0.2, -0.15) is 0 Å². The Labute approximate surface area is 125 Å². The number of phenolic OH excluding ortho intramolecular Hbond substituents is 1. The lowest BCUT2D eigenvalue weighted by atomic mass is 10.0. The molecule has 2 N–H and O–H groups in total. The van der Waals surface area contributed by atoms with Gasteiger partial charge in [-0.3, -0.25) is 9.69 Å². The minimum absolute atomic E-state index is 0.0160. The summed E-state index contributed by atoms with van der Waals surface area (Å²) in [6, 6.07) is 5.04. The van der Waals surface area contributed by atoms with Crippen LogP contribution in [0.3, 0.4) is 0 Å². The van der Waals surface area contributed by atoms with Crippen LogP contribution in [-0.2, 0) is 4.74 Å². The summed E-state index contributed by atoms with van der Waals surface area (Å²) in [5, 5.41) is 12.7. The van der Waals surface area contributed by atoms with E-state index in [0.29, 0.717) is 12.1 Å². The zero-order valence-corrected chi connectivity index (χ0v) is 13.0. The molecule has 1 amide bonds. The SMILES string of the molecule is Cc1ccc(O)c(C(=O)NCC(C)(C)N2CCOCC2)c1. The maximum absolute atomic E-state index is 12.2. The predicted octanol–water partition coefficient (Wildman–Crippen LogP) is 1.54. The summed E-state index contributed by atoms with van der Waals surface area (Å²) in [5.74, 6) is -0.222. The average Bonchev–Trinajstić information content (AvgIpc) is 2.48. The Morgan fingerprint density at radius 2 is 2.05 bits per heavy atom. The molecule has 2 rings (SSSR count). The fourth-order valence-corrected chi connectivity index (χ4v) is 2.50. The number of amides is 1. The van der Waals surface area contributed by atoms with Gasteiger partial charge in [0.2, 0.25) is 0 Å². The molecule has 1 fully saturated rings. The highest BCUT2D eigenvalue weighted by Crippen LogP contribution is 2.19. The Kier molecular flexibility index (Phi) is 4.85. The molecule has 1 aliphatic heterocycles. The van der Waals surface area contributed by atoms with Gasteiger partial charge >= 0.3 is 0 Å². The van der Waals surface area contributed by atoms with Gasteiger partial charge in [0.1, 0.15) is 5.75 Å². The van der Waals surface area contributed by atoms with Gasteiger partial charge in [0.05, 0.1) is 18.8 Å². The summed E-state index contributed by atoms with van der Waals surface area (Å²) in [6.45, 7) is 9.85. The largest absolute Gasteiger partial charge is 0.507 e. The fraction of sp³-hybridized carbons (Fsp3) is 0.562. The molecule has 116 valence electrons. The topological polar surface area (TPSA) is 61.8 Å². The average molecular weight is 292 g/mol. The molecular formula is C16H24N2O3. The third-order valence-electron chi connectivity index (χ3n) is 3.95. The number of ether oxygens (including phenoxy) is 1. The van der Waals surface area contributed by atoms with E-state index in [1.807, 2.05) is 6.92 Å². The quantitative estimate of drug-likeness (QED) is 0.884. The normalized spacial score (nSPS) is 16.7. The number of nitrogens with zero attached hydrogens (tertiary/aromatic N) is 1. The zero-order chi connectivity index (χ0) is 15.5. The van der Waals surface area contributed by atoms with Gasteiger partial charge in [0, 0.05) is 25.2 Å². The van der Waals surface area contributed by atoms with Gasteiger partial charge in [-0.1, -0.05) is 11.6 Å². The van der Waals surface area contributed by atoms with Crippen molar-refractivity contribution in [3.63, 3.8) is 0 Å². The summed E-state index contributed by atoms with van der Waals surface area (Å²) in [6.07, 6.45) is 0. The molecular weight excluding hydrogens is 268 g/mol. The van der Waals surface area contributed by atoms with Crippen molar-refractivity contribution in [3.8, 4) is 5.75 Å². The zero-order valence-electron chi connectivity index (χ0n) is 13.0. The standard InChI is InChI=1S/C16H24N2O3/c1-12-4-5-14(19)13(10-12)15(20)17-11-16(2,3)18-6-8-21-9-7-18/h4-5,10,19H,6-9,11H2,1-3H3,(H,17,20). The highest BCUT2D eigenvalue weighted by molar-refractivity contribution is 5.97. The number of phenols is 1. The van der Waals surface area contributed by atoms with E-state index in [9.17, 15) is 9.90 Å². The van der Waals surface area contributed by atoms with Crippen molar-refractivity contribution in [2.45, 2.75) is 26.3 Å². The molecule has 0 unspecified atom stereocenters. The van der Waals surface area contributed by atoms with Crippen LogP contribution in [0.1, 0.15) is 29.8 Å². The Morgan fingerprint density at radius 3 is 2.71 bits per heavy atom. The summed E-state index contributed by atoms with van der Waals surface area (Å²) in [4.78, 5) is 14.5. The van der Waals surface area contributed by atoms with E-state index in [2.05, 4.69) is 24.1 Å². The molecule has 1 heterocycles. The summed E-state index contributed by atoms with van der Waals surface area (Å²) >= 11 is 0. The van der Waals surface area contributed by atoms with E-state index < -0.39 is 0 Å². The third-order valence-corrected chi connectivity index (χ3v) is 3.95. The predicted molar refractivity (Wildman–Crippen MR) is 81.6 cm³/mol. The van der Waals surface area contributed by atoms with Gasteiger partial charge in [-0.25, -0.2) is 0 Å². The fourth-order valence-electron chi connectivity index (χ4n) is 2.50. The number of rotatable bonds is 4. The highest BCUT2D eigenvalue weighted by Gasteiger charge is 2.28. The second-order valence-electron chi connectivity index (χ2n) is 6.12. The molecule has 21 heavy (non-hydrogen) atoms. The van der Waals surface area contributed by atoms with Crippen LogP contribution in [0.4, 0.5) is 0 Å². The highest BCUT2D eigenvalue weighted by atomic mass is 16.5. The molecule has 1 aromatic carbocycles. The summed E-state index contributed by atoms with van der Waals surface area (Å²) < 4.78 is 5.36. The molecule has 1 saturated heterocycles. The first-order chi connectivity index (χ1) is 9.90. The minimum atomic E-state index is -0.238. The molecule has 5 nitrogen and oxygen atoms in total. The number of hydrogen-bond acceptors (Lipinski definition) is 4. The van der Waals surface area contributed by atoms with Crippen LogP contribution in [-0.4, -0.2) is 54.3 Å². The van der Waals surface area contributed by atoms with Crippen LogP contribution in [0.15, 0.2) is 18.2 Å². The van der Waals surface area contributed by atoms with Gasteiger partial charge < -0.3 is 15.2 Å². The van der Waals surface area contributed by atoms with Crippen molar-refractivity contribution in [1.29, 1.82) is 0 Å². The number of hydrogen-bond donors (Lipinski definition) is 2. The number of morpholine rings is 1. The van der Waals surface area contributed by atoms with Crippen LogP contribution in [0.25, 0.3) is 0 Å². The van der Waals surface area contributed by atoms with Crippen molar-refractivity contribution < 1.29 is 14.6 Å². The molecule has 0 spiro atoms. The Hall–Kier alpha value is -1.59. The number of nitrogens with one attached hydrogen (secondary N) is 1. The molecule has 1 aliphatic rings. The van der Waals surface area contributed by atoms with Crippen molar-refractivity contribution in [3.05, 3.63) is 29.3 Å². The monoisotopic (exact) mass is 292 g/mol. The first-order valence-corrected chi connectivity index (χ1v) is 7.31. The first kappa shape index (κ1) is 15.8. The second-order valence-corrected chi connectivity index (χ2v) is 6.12.